The van der Waals surface area contributed by atoms with E-state index in [9.17, 15) is 5.11 Å². The Kier molecular flexibility index (Phi) is 7.03. The van der Waals surface area contributed by atoms with Crippen LogP contribution in [0.25, 0.3) is 0 Å². The fraction of sp³-hybridized carbons (Fsp3) is 0.600. The minimum absolute atomic E-state index is 0.412. The van der Waals surface area contributed by atoms with Gasteiger partial charge in [0.2, 0.25) is 0 Å². The molecule has 108 valence electrons. The molecule has 0 aliphatic rings. The number of benzene rings is 1. The standard InChI is InChI=1S/C15H23ClO3/c1-4-5-6-7-8-12(17)11-9-10-13(18-2)14(16)15(11)19-3/h9-10,12,17H,4-8H2,1-3H3. The number of halogens is 1. The molecule has 1 unspecified atom stereocenters. The number of rotatable bonds is 8. The van der Waals surface area contributed by atoms with Crippen LogP contribution in [-0.4, -0.2) is 19.3 Å². The summed E-state index contributed by atoms with van der Waals surface area (Å²) in [6.45, 7) is 2.17. The Morgan fingerprint density at radius 3 is 2.47 bits per heavy atom. The van der Waals surface area contributed by atoms with E-state index in [4.69, 9.17) is 21.1 Å². The molecule has 1 aromatic carbocycles. The van der Waals surface area contributed by atoms with Crippen molar-refractivity contribution in [3.8, 4) is 11.5 Å². The molecule has 4 heteroatoms. The molecule has 0 spiro atoms. The van der Waals surface area contributed by atoms with Gasteiger partial charge in [0.05, 0.1) is 20.3 Å². The zero-order valence-corrected chi connectivity index (χ0v) is 12.7. The summed E-state index contributed by atoms with van der Waals surface area (Å²) < 4.78 is 10.4. The first-order valence-electron chi connectivity index (χ1n) is 6.74. The van der Waals surface area contributed by atoms with Gasteiger partial charge in [-0.25, -0.2) is 0 Å². The molecule has 0 bridgehead atoms. The molecular formula is C15H23ClO3. The zero-order valence-electron chi connectivity index (χ0n) is 11.9. The van der Waals surface area contributed by atoms with E-state index < -0.39 is 6.10 Å². The predicted octanol–water partition coefficient (Wildman–Crippen LogP) is 4.36. The van der Waals surface area contributed by atoms with Crippen LogP contribution in [0.1, 0.15) is 50.7 Å². The number of aliphatic hydroxyl groups excluding tert-OH is 1. The highest BCUT2D eigenvalue weighted by Crippen LogP contribution is 2.40. The number of hydrogen-bond donors (Lipinski definition) is 1. The summed E-state index contributed by atoms with van der Waals surface area (Å²) >= 11 is 6.18. The number of aliphatic hydroxyl groups is 1. The monoisotopic (exact) mass is 286 g/mol. The topological polar surface area (TPSA) is 38.7 Å². The van der Waals surface area contributed by atoms with E-state index in [1.54, 1.807) is 20.3 Å². The highest BCUT2D eigenvalue weighted by atomic mass is 35.5. The van der Waals surface area contributed by atoms with E-state index in [2.05, 4.69) is 6.92 Å². The van der Waals surface area contributed by atoms with Gasteiger partial charge in [-0.3, -0.25) is 0 Å². The first-order valence-corrected chi connectivity index (χ1v) is 7.11. The first-order chi connectivity index (χ1) is 9.15. The number of unbranched alkanes of at least 4 members (excludes halogenated alkanes) is 3. The Balaban J connectivity index is 2.78. The summed E-state index contributed by atoms with van der Waals surface area (Å²) in [5.41, 5.74) is 0.727. The first kappa shape index (κ1) is 16.1. The minimum atomic E-state index is -0.546. The van der Waals surface area contributed by atoms with Gasteiger partial charge >= 0.3 is 0 Å². The molecule has 1 aromatic rings. The molecule has 0 saturated carbocycles. The van der Waals surface area contributed by atoms with Crippen LogP contribution in [0.15, 0.2) is 12.1 Å². The maximum atomic E-state index is 10.2. The van der Waals surface area contributed by atoms with Crippen molar-refractivity contribution >= 4 is 11.6 Å². The van der Waals surface area contributed by atoms with Crippen LogP contribution < -0.4 is 9.47 Å². The van der Waals surface area contributed by atoms with E-state index in [0.29, 0.717) is 16.5 Å². The molecule has 0 fully saturated rings. The van der Waals surface area contributed by atoms with Gasteiger partial charge in [0, 0.05) is 5.56 Å². The Bertz CT molecular complexity index is 393. The Hall–Kier alpha value is -0.930. The quantitative estimate of drug-likeness (QED) is 0.722. The third-order valence-electron chi connectivity index (χ3n) is 3.21. The second kappa shape index (κ2) is 8.28. The summed E-state index contributed by atoms with van der Waals surface area (Å²) in [7, 11) is 3.11. The molecule has 3 nitrogen and oxygen atoms in total. The van der Waals surface area contributed by atoms with Crippen molar-refractivity contribution < 1.29 is 14.6 Å². The van der Waals surface area contributed by atoms with Crippen molar-refractivity contribution in [2.45, 2.75) is 45.1 Å². The molecule has 0 radical (unpaired) electrons. The summed E-state index contributed by atoms with van der Waals surface area (Å²) in [5.74, 6) is 1.06. The minimum Gasteiger partial charge on any atom is -0.495 e. The van der Waals surface area contributed by atoms with Crippen LogP contribution in [-0.2, 0) is 0 Å². The highest BCUT2D eigenvalue weighted by molar-refractivity contribution is 6.33. The summed E-state index contributed by atoms with van der Waals surface area (Å²) in [6, 6.07) is 3.57. The Morgan fingerprint density at radius 1 is 1.16 bits per heavy atom. The molecule has 0 saturated heterocycles. The maximum Gasteiger partial charge on any atom is 0.147 e. The van der Waals surface area contributed by atoms with E-state index >= 15 is 0 Å². The van der Waals surface area contributed by atoms with Gasteiger partial charge in [0.25, 0.3) is 0 Å². The molecule has 1 rings (SSSR count). The molecule has 1 N–H and O–H groups in total. The van der Waals surface area contributed by atoms with Crippen molar-refractivity contribution in [1.29, 1.82) is 0 Å². The van der Waals surface area contributed by atoms with Gasteiger partial charge in [0.15, 0.2) is 0 Å². The molecule has 0 heterocycles. The Morgan fingerprint density at radius 2 is 1.89 bits per heavy atom. The van der Waals surface area contributed by atoms with E-state index in [1.807, 2.05) is 6.07 Å². The van der Waals surface area contributed by atoms with Gasteiger partial charge in [-0.15, -0.1) is 0 Å². The average molecular weight is 287 g/mol. The van der Waals surface area contributed by atoms with Crippen LogP contribution in [0.3, 0.4) is 0 Å². The lowest BCUT2D eigenvalue weighted by Gasteiger charge is -2.17. The largest absolute Gasteiger partial charge is 0.495 e. The van der Waals surface area contributed by atoms with E-state index in [-0.39, 0.29) is 0 Å². The number of hydrogen-bond acceptors (Lipinski definition) is 3. The summed E-state index contributed by atoms with van der Waals surface area (Å²) in [6.07, 6.45) is 4.71. The highest BCUT2D eigenvalue weighted by Gasteiger charge is 2.18. The van der Waals surface area contributed by atoms with Crippen LogP contribution in [0.2, 0.25) is 5.02 Å². The second-order valence-electron chi connectivity index (χ2n) is 4.57. The second-order valence-corrected chi connectivity index (χ2v) is 4.95. The Labute approximate surface area is 120 Å². The normalized spacial score (nSPS) is 12.3. The zero-order chi connectivity index (χ0) is 14.3. The van der Waals surface area contributed by atoms with Crippen molar-refractivity contribution in [2.24, 2.45) is 0 Å². The third-order valence-corrected chi connectivity index (χ3v) is 3.56. The van der Waals surface area contributed by atoms with Gasteiger partial charge in [-0.2, -0.15) is 0 Å². The van der Waals surface area contributed by atoms with Crippen LogP contribution in [0.5, 0.6) is 11.5 Å². The van der Waals surface area contributed by atoms with Crippen molar-refractivity contribution in [2.75, 3.05) is 14.2 Å². The van der Waals surface area contributed by atoms with Gasteiger partial charge in [-0.1, -0.05) is 44.2 Å². The number of ether oxygens (including phenoxy) is 2. The van der Waals surface area contributed by atoms with Crippen LogP contribution in [0, 0.1) is 0 Å². The van der Waals surface area contributed by atoms with Crippen molar-refractivity contribution in [3.63, 3.8) is 0 Å². The van der Waals surface area contributed by atoms with Gasteiger partial charge in [-0.05, 0) is 18.6 Å². The van der Waals surface area contributed by atoms with Crippen molar-refractivity contribution in [1.82, 2.24) is 0 Å². The fourth-order valence-electron chi connectivity index (χ4n) is 2.10. The fourth-order valence-corrected chi connectivity index (χ4v) is 2.43. The smallest absolute Gasteiger partial charge is 0.147 e. The lowest BCUT2D eigenvalue weighted by molar-refractivity contribution is 0.159. The molecule has 0 aromatic heterocycles. The molecular weight excluding hydrogens is 264 g/mol. The van der Waals surface area contributed by atoms with Gasteiger partial charge in [0.1, 0.15) is 16.5 Å². The van der Waals surface area contributed by atoms with Crippen LogP contribution >= 0.6 is 11.6 Å². The summed E-state index contributed by atoms with van der Waals surface area (Å²) in [4.78, 5) is 0. The molecule has 0 aliphatic heterocycles. The van der Waals surface area contributed by atoms with Gasteiger partial charge < -0.3 is 14.6 Å². The lowest BCUT2D eigenvalue weighted by Crippen LogP contribution is -2.02. The van der Waals surface area contributed by atoms with E-state index in [1.165, 1.54) is 12.8 Å². The average Bonchev–Trinajstić information content (AvgIpc) is 2.43. The predicted molar refractivity (Wildman–Crippen MR) is 78.3 cm³/mol. The molecule has 0 amide bonds. The number of methoxy groups -OCH3 is 2. The summed E-state index contributed by atoms with van der Waals surface area (Å²) in [5, 5.41) is 10.7. The SMILES string of the molecule is CCCCCCC(O)c1ccc(OC)c(Cl)c1OC. The molecule has 1 atom stereocenters. The van der Waals surface area contributed by atoms with Crippen molar-refractivity contribution in [3.05, 3.63) is 22.7 Å². The van der Waals surface area contributed by atoms with E-state index in [0.717, 1.165) is 24.8 Å². The third kappa shape index (κ3) is 4.29. The van der Waals surface area contributed by atoms with Crippen LogP contribution in [0.4, 0.5) is 0 Å². The molecule has 19 heavy (non-hydrogen) atoms. The molecule has 0 aliphatic carbocycles. The maximum absolute atomic E-state index is 10.2. The lowest BCUT2D eigenvalue weighted by atomic mass is 10.0.